The summed E-state index contributed by atoms with van der Waals surface area (Å²) in [4.78, 5) is 17.8. The van der Waals surface area contributed by atoms with Crippen LogP contribution in [0.15, 0.2) is 65.9 Å². The molecule has 0 saturated heterocycles. The third-order valence-corrected chi connectivity index (χ3v) is 4.53. The van der Waals surface area contributed by atoms with E-state index in [4.69, 9.17) is 9.57 Å². The Morgan fingerprint density at radius 2 is 1.97 bits per heavy atom. The summed E-state index contributed by atoms with van der Waals surface area (Å²) in [5.74, 6) is 0.566. The van der Waals surface area contributed by atoms with Gasteiger partial charge in [-0.3, -0.25) is 9.48 Å². The molecule has 0 saturated carbocycles. The van der Waals surface area contributed by atoms with Gasteiger partial charge in [0, 0.05) is 18.7 Å². The number of hydrogen-bond donors (Lipinski definition) is 1. The maximum absolute atomic E-state index is 13.0. The molecule has 0 spiro atoms. The summed E-state index contributed by atoms with van der Waals surface area (Å²) in [6, 6.07) is 15.3. The second-order valence-corrected chi connectivity index (χ2v) is 6.58. The fourth-order valence-electron chi connectivity index (χ4n) is 2.97. The molecule has 3 aromatic rings. The summed E-state index contributed by atoms with van der Waals surface area (Å²) >= 11 is 0. The van der Waals surface area contributed by atoms with Crippen LogP contribution in [0.3, 0.4) is 0 Å². The van der Waals surface area contributed by atoms with Gasteiger partial charge >= 0.3 is 0 Å². The quantitative estimate of drug-likeness (QED) is 0.696. The van der Waals surface area contributed by atoms with Crippen LogP contribution in [0.5, 0.6) is 5.75 Å². The molecule has 0 fully saturated rings. The summed E-state index contributed by atoms with van der Waals surface area (Å²) in [5.41, 5.74) is 2.49. The number of nitrogens with zero attached hydrogens (tertiary/aromatic N) is 3. The van der Waals surface area contributed by atoms with Crippen LogP contribution in [0.25, 0.3) is 0 Å². The van der Waals surface area contributed by atoms with Crippen LogP contribution in [0.1, 0.15) is 17.5 Å². The highest BCUT2D eigenvalue weighted by Crippen LogP contribution is 2.20. The molecular formula is C21H19FN4O3. The molecule has 1 amide bonds. The molecule has 0 aliphatic carbocycles. The van der Waals surface area contributed by atoms with Crippen molar-refractivity contribution < 1.29 is 18.8 Å². The molecule has 1 aliphatic heterocycles. The second-order valence-electron chi connectivity index (χ2n) is 6.58. The fourth-order valence-corrected chi connectivity index (χ4v) is 2.97. The van der Waals surface area contributed by atoms with Crippen molar-refractivity contribution in [1.82, 2.24) is 9.78 Å². The summed E-state index contributed by atoms with van der Waals surface area (Å²) in [6.07, 6.45) is 1.40. The van der Waals surface area contributed by atoms with Gasteiger partial charge in [-0.2, -0.15) is 5.10 Å². The highest BCUT2D eigenvalue weighted by Gasteiger charge is 2.29. The predicted octanol–water partition coefficient (Wildman–Crippen LogP) is 3.21. The average Bonchev–Trinajstić information content (AvgIpc) is 3.40. The Morgan fingerprint density at radius 1 is 1.21 bits per heavy atom. The van der Waals surface area contributed by atoms with E-state index < -0.39 is 6.10 Å². The van der Waals surface area contributed by atoms with Gasteiger partial charge < -0.3 is 14.9 Å². The molecule has 0 unspecified atom stereocenters. The van der Waals surface area contributed by atoms with Crippen molar-refractivity contribution in [2.45, 2.75) is 19.1 Å². The number of hydrogen-bond acceptors (Lipinski definition) is 5. The zero-order valence-electron chi connectivity index (χ0n) is 15.7. The van der Waals surface area contributed by atoms with Crippen LogP contribution < -0.4 is 10.1 Å². The van der Waals surface area contributed by atoms with E-state index in [2.05, 4.69) is 15.6 Å². The minimum atomic E-state index is -0.714. The highest BCUT2D eigenvalue weighted by atomic mass is 19.1. The smallest absolute Gasteiger partial charge is 0.269 e. The van der Waals surface area contributed by atoms with Crippen molar-refractivity contribution in [2.24, 2.45) is 5.16 Å². The predicted molar refractivity (Wildman–Crippen MR) is 105 cm³/mol. The molecule has 4 rings (SSSR count). The summed E-state index contributed by atoms with van der Waals surface area (Å²) in [5, 5.41) is 11.1. The van der Waals surface area contributed by atoms with Gasteiger partial charge in [0.1, 0.15) is 11.6 Å². The van der Waals surface area contributed by atoms with Gasteiger partial charge in [-0.15, -0.1) is 0 Å². The van der Waals surface area contributed by atoms with Gasteiger partial charge in [0.25, 0.3) is 5.91 Å². The number of benzene rings is 2. The SMILES string of the molecule is COc1ccc(C2=NO[C@H](C(=O)Nc3ccn(Cc4ccc(F)cc4)n3)C2)cc1. The molecule has 1 aromatic heterocycles. The molecule has 2 aromatic carbocycles. The number of carbonyl (C=O) groups excluding carboxylic acids is 1. The number of rotatable bonds is 6. The Balaban J connectivity index is 1.33. The van der Waals surface area contributed by atoms with Crippen LogP contribution in [-0.2, 0) is 16.2 Å². The summed E-state index contributed by atoms with van der Waals surface area (Å²) in [7, 11) is 1.60. The Hall–Kier alpha value is -3.68. The lowest BCUT2D eigenvalue weighted by atomic mass is 10.0. The largest absolute Gasteiger partial charge is 0.497 e. The fraction of sp³-hybridized carbons (Fsp3) is 0.190. The minimum Gasteiger partial charge on any atom is -0.497 e. The lowest BCUT2D eigenvalue weighted by molar-refractivity contribution is -0.125. The first-order valence-corrected chi connectivity index (χ1v) is 9.06. The number of nitrogens with one attached hydrogen (secondary N) is 1. The number of methoxy groups -OCH3 is 1. The van der Waals surface area contributed by atoms with E-state index in [1.807, 2.05) is 24.3 Å². The van der Waals surface area contributed by atoms with Gasteiger partial charge in [0.2, 0.25) is 6.10 Å². The van der Waals surface area contributed by atoms with E-state index in [0.29, 0.717) is 24.5 Å². The van der Waals surface area contributed by atoms with E-state index in [-0.39, 0.29) is 11.7 Å². The zero-order chi connectivity index (χ0) is 20.2. The monoisotopic (exact) mass is 394 g/mol. The van der Waals surface area contributed by atoms with Gasteiger partial charge in [-0.05, 0) is 47.5 Å². The van der Waals surface area contributed by atoms with Crippen LogP contribution in [0, 0.1) is 5.82 Å². The van der Waals surface area contributed by atoms with Crippen molar-refractivity contribution in [3.8, 4) is 5.75 Å². The summed E-state index contributed by atoms with van der Waals surface area (Å²) in [6.45, 7) is 0.473. The lowest BCUT2D eigenvalue weighted by Crippen LogP contribution is -2.28. The molecule has 1 N–H and O–H groups in total. The van der Waals surface area contributed by atoms with E-state index in [0.717, 1.165) is 16.9 Å². The number of oxime groups is 1. The van der Waals surface area contributed by atoms with E-state index in [9.17, 15) is 9.18 Å². The van der Waals surface area contributed by atoms with E-state index in [1.54, 1.807) is 36.2 Å². The lowest BCUT2D eigenvalue weighted by Gasteiger charge is -2.07. The van der Waals surface area contributed by atoms with Crippen molar-refractivity contribution in [2.75, 3.05) is 12.4 Å². The Kier molecular flexibility index (Phi) is 5.24. The Bertz CT molecular complexity index is 1030. The molecular weight excluding hydrogens is 375 g/mol. The standard InChI is InChI=1S/C21H19FN4O3/c1-28-17-8-4-15(5-9-17)18-12-19(29-25-18)21(27)23-20-10-11-26(24-20)13-14-2-6-16(22)7-3-14/h2-11,19H,12-13H2,1H3,(H,23,24,27)/t19-/m0/s1. The van der Waals surface area contributed by atoms with Crippen LogP contribution in [0.2, 0.25) is 0 Å². The molecule has 29 heavy (non-hydrogen) atoms. The molecule has 1 atom stereocenters. The van der Waals surface area contributed by atoms with Gasteiger partial charge in [0.05, 0.1) is 19.4 Å². The summed E-state index contributed by atoms with van der Waals surface area (Å²) < 4.78 is 19.8. The Morgan fingerprint density at radius 3 is 2.69 bits per heavy atom. The Labute approximate surface area is 166 Å². The number of aromatic nitrogens is 2. The number of amides is 1. The molecule has 0 radical (unpaired) electrons. The number of anilines is 1. The molecule has 2 heterocycles. The number of halogens is 1. The normalized spacial score (nSPS) is 15.5. The highest BCUT2D eigenvalue weighted by molar-refractivity contribution is 6.06. The molecule has 148 valence electrons. The first-order chi connectivity index (χ1) is 14.1. The van der Waals surface area contributed by atoms with Gasteiger partial charge in [-0.1, -0.05) is 17.3 Å². The van der Waals surface area contributed by atoms with Crippen molar-refractivity contribution in [3.05, 3.63) is 77.7 Å². The molecule has 7 nitrogen and oxygen atoms in total. The topological polar surface area (TPSA) is 77.7 Å². The third kappa shape index (κ3) is 4.43. The third-order valence-electron chi connectivity index (χ3n) is 4.53. The molecule has 0 bridgehead atoms. The maximum Gasteiger partial charge on any atom is 0.269 e. The molecule has 1 aliphatic rings. The van der Waals surface area contributed by atoms with Crippen LogP contribution in [-0.4, -0.2) is 34.6 Å². The number of carbonyl (C=O) groups is 1. The number of ether oxygens (including phenoxy) is 1. The van der Waals surface area contributed by atoms with Crippen LogP contribution >= 0.6 is 0 Å². The van der Waals surface area contributed by atoms with Gasteiger partial charge in [0.15, 0.2) is 5.82 Å². The average molecular weight is 394 g/mol. The maximum atomic E-state index is 13.0. The first-order valence-electron chi connectivity index (χ1n) is 9.06. The van der Waals surface area contributed by atoms with Crippen LogP contribution in [0.4, 0.5) is 10.2 Å². The van der Waals surface area contributed by atoms with Crippen molar-refractivity contribution in [1.29, 1.82) is 0 Å². The van der Waals surface area contributed by atoms with Crippen molar-refractivity contribution in [3.63, 3.8) is 0 Å². The van der Waals surface area contributed by atoms with E-state index >= 15 is 0 Å². The second kappa shape index (κ2) is 8.14. The molecule has 8 heteroatoms. The first kappa shape index (κ1) is 18.7. The minimum absolute atomic E-state index is 0.282. The van der Waals surface area contributed by atoms with E-state index in [1.165, 1.54) is 12.1 Å². The van der Waals surface area contributed by atoms with Crippen molar-refractivity contribution >= 4 is 17.4 Å². The van der Waals surface area contributed by atoms with Gasteiger partial charge in [-0.25, -0.2) is 4.39 Å². The zero-order valence-corrected chi connectivity index (χ0v) is 15.7.